The molecule has 0 spiro atoms. The summed E-state index contributed by atoms with van der Waals surface area (Å²) in [7, 11) is 1.41. The van der Waals surface area contributed by atoms with Gasteiger partial charge in [0.15, 0.2) is 0 Å². The molecule has 0 aliphatic heterocycles. The number of aromatic carboxylic acids is 1. The number of carbonyl (C=O) groups excluding carboxylic acids is 1. The van der Waals surface area contributed by atoms with E-state index in [4.69, 9.17) is 10.8 Å². The van der Waals surface area contributed by atoms with Crippen LogP contribution in [0.5, 0.6) is 0 Å². The van der Waals surface area contributed by atoms with Crippen LogP contribution in [-0.2, 0) is 0 Å². The molecule has 0 unspecified atom stereocenters. The number of rotatable bonds is 3. The lowest BCUT2D eigenvalue weighted by atomic mass is 10.1. The molecular formula is C13H12FN3O3S. The fourth-order valence-electron chi connectivity index (χ4n) is 1.78. The number of carboxylic acid groups (broad SMARTS) is 1. The minimum absolute atomic E-state index is 0.0354. The van der Waals surface area contributed by atoms with Crippen LogP contribution in [0.2, 0.25) is 0 Å². The second kappa shape index (κ2) is 5.49. The predicted molar refractivity (Wildman–Crippen MR) is 77.4 cm³/mol. The topological polar surface area (TPSA) is 96.5 Å². The van der Waals surface area contributed by atoms with Gasteiger partial charge in [-0.05, 0) is 36.7 Å². The maximum atomic E-state index is 13.4. The average molecular weight is 309 g/mol. The third-order valence-corrected chi connectivity index (χ3v) is 3.93. The number of anilines is 2. The van der Waals surface area contributed by atoms with Crippen molar-refractivity contribution >= 4 is 34.1 Å². The number of nitrogens with two attached hydrogens (primary N) is 1. The number of amides is 1. The Morgan fingerprint density at radius 2 is 2.10 bits per heavy atom. The third kappa shape index (κ3) is 2.70. The normalized spacial score (nSPS) is 10.4. The van der Waals surface area contributed by atoms with Crippen molar-refractivity contribution < 1.29 is 19.1 Å². The molecule has 8 heteroatoms. The van der Waals surface area contributed by atoms with Gasteiger partial charge in [0, 0.05) is 12.6 Å². The zero-order valence-electron chi connectivity index (χ0n) is 11.3. The minimum atomic E-state index is -1.17. The first-order valence-corrected chi connectivity index (χ1v) is 6.63. The highest BCUT2D eigenvalue weighted by atomic mass is 32.1. The predicted octanol–water partition coefficient (Wildman–Crippen LogP) is 2.15. The summed E-state index contributed by atoms with van der Waals surface area (Å²) in [6.45, 7) is 1.55. The second-order valence-corrected chi connectivity index (χ2v) is 5.11. The number of carbonyl (C=O) groups is 2. The highest BCUT2D eigenvalue weighted by Crippen LogP contribution is 2.29. The van der Waals surface area contributed by atoms with E-state index in [0.717, 1.165) is 22.5 Å². The van der Waals surface area contributed by atoms with Crippen LogP contribution in [0.1, 0.15) is 26.4 Å². The maximum absolute atomic E-state index is 13.4. The quantitative estimate of drug-likeness (QED) is 0.847. The number of nitrogens with zero attached hydrogens (tertiary/aromatic N) is 2. The molecular weight excluding hydrogens is 297 g/mol. The van der Waals surface area contributed by atoms with Crippen molar-refractivity contribution in [3.8, 4) is 0 Å². The molecule has 0 saturated heterocycles. The van der Waals surface area contributed by atoms with Gasteiger partial charge in [-0.1, -0.05) is 0 Å². The van der Waals surface area contributed by atoms with E-state index < -0.39 is 17.7 Å². The molecule has 2 aromatic rings. The Morgan fingerprint density at radius 1 is 1.43 bits per heavy atom. The van der Waals surface area contributed by atoms with E-state index in [-0.39, 0.29) is 21.8 Å². The Labute approximate surface area is 123 Å². The number of halogens is 1. The molecule has 0 bridgehead atoms. The zero-order chi connectivity index (χ0) is 15.7. The third-order valence-electron chi connectivity index (χ3n) is 2.92. The number of aromatic nitrogens is 1. The van der Waals surface area contributed by atoms with Gasteiger partial charge in [0.1, 0.15) is 16.4 Å². The van der Waals surface area contributed by atoms with Crippen LogP contribution in [0.15, 0.2) is 18.2 Å². The standard InChI is InChI=1S/C13H12FN3O3S/c1-6-10(13(19)20)12(21-16-6)17(2)11(18)7-3-4-9(15)8(14)5-7/h3-5H,15H2,1-2H3,(H,19,20). The second-order valence-electron chi connectivity index (χ2n) is 4.35. The van der Waals surface area contributed by atoms with Gasteiger partial charge in [-0.25, -0.2) is 9.18 Å². The number of aryl methyl sites for hydroxylation is 1. The van der Waals surface area contributed by atoms with Crippen LogP contribution >= 0.6 is 11.5 Å². The smallest absolute Gasteiger partial charge is 0.340 e. The van der Waals surface area contributed by atoms with Gasteiger partial charge in [-0.15, -0.1) is 0 Å². The van der Waals surface area contributed by atoms with E-state index in [0.29, 0.717) is 5.69 Å². The van der Waals surface area contributed by atoms with Crippen molar-refractivity contribution in [1.82, 2.24) is 4.37 Å². The van der Waals surface area contributed by atoms with Crippen LogP contribution in [0, 0.1) is 12.7 Å². The SMILES string of the molecule is Cc1nsc(N(C)C(=O)c2ccc(N)c(F)c2)c1C(=O)O. The Hall–Kier alpha value is -2.48. The van der Waals surface area contributed by atoms with Crippen LogP contribution in [-0.4, -0.2) is 28.4 Å². The zero-order valence-corrected chi connectivity index (χ0v) is 12.1. The summed E-state index contributed by atoms with van der Waals surface area (Å²) < 4.78 is 17.4. The van der Waals surface area contributed by atoms with Gasteiger partial charge in [0.05, 0.1) is 11.4 Å². The molecule has 2 rings (SSSR count). The highest BCUT2D eigenvalue weighted by molar-refractivity contribution is 7.11. The molecule has 1 amide bonds. The van der Waals surface area contributed by atoms with Gasteiger partial charge >= 0.3 is 5.97 Å². The molecule has 6 nitrogen and oxygen atoms in total. The summed E-state index contributed by atoms with van der Waals surface area (Å²) in [6, 6.07) is 3.68. The lowest BCUT2D eigenvalue weighted by Crippen LogP contribution is -2.27. The molecule has 110 valence electrons. The van der Waals surface area contributed by atoms with Crippen LogP contribution in [0.25, 0.3) is 0 Å². The summed E-state index contributed by atoms with van der Waals surface area (Å²) in [5, 5.41) is 9.37. The summed E-state index contributed by atoms with van der Waals surface area (Å²) in [5.74, 6) is -2.41. The molecule has 0 saturated carbocycles. The molecule has 0 atom stereocenters. The Kier molecular flexibility index (Phi) is 3.90. The van der Waals surface area contributed by atoms with Crippen LogP contribution < -0.4 is 10.6 Å². The number of nitrogen functional groups attached to an aromatic ring is 1. The largest absolute Gasteiger partial charge is 0.478 e. The number of hydrogen-bond acceptors (Lipinski definition) is 5. The summed E-state index contributed by atoms with van der Waals surface area (Å²) in [6.07, 6.45) is 0. The van der Waals surface area contributed by atoms with E-state index in [2.05, 4.69) is 4.37 Å². The fraction of sp³-hybridized carbons (Fsp3) is 0.154. The van der Waals surface area contributed by atoms with Gasteiger partial charge < -0.3 is 15.7 Å². The van der Waals surface area contributed by atoms with E-state index in [9.17, 15) is 14.0 Å². The monoisotopic (exact) mass is 309 g/mol. The van der Waals surface area contributed by atoms with Crippen molar-refractivity contribution in [2.24, 2.45) is 0 Å². The molecule has 0 aliphatic carbocycles. The van der Waals surface area contributed by atoms with Crippen molar-refractivity contribution in [2.75, 3.05) is 17.7 Å². The van der Waals surface area contributed by atoms with Crippen molar-refractivity contribution in [1.29, 1.82) is 0 Å². The lowest BCUT2D eigenvalue weighted by molar-refractivity contribution is 0.0697. The van der Waals surface area contributed by atoms with E-state index in [1.165, 1.54) is 19.2 Å². The number of hydrogen-bond donors (Lipinski definition) is 2. The first-order chi connectivity index (χ1) is 9.82. The van der Waals surface area contributed by atoms with Crippen molar-refractivity contribution in [3.63, 3.8) is 0 Å². The lowest BCUT2D eigenvalue weighted by Gasteiger charge is -2.16. The molecule has 1 aromatic carbocycles. The minimum Gasteiger partial charge on any atom is -0.478 e. The average Bonchev–Trinajstić information content (AvgIpc) is 2.82. The number of carboxylic acids is 1. The fourth-order valence-corrected chi connectivity index (χ4v) is 2.63. The van der Waals surface area contributed by atoms with Gasteiger partial charge in [-0.3, -0.25) is 4.79 Å². The Balaban J connectivity index is 2.40. The summed E-state index contributed by atoms with van der Waals surface area (Å²) in [5.41, 5.74) is 5.66. The molecule has 1 heterocycles. The molecule has 0 radical (unpaired) electrons. The highest BCUT2D eigenvalue weighted by Gasteiger charge is 2.24. The Morgan fingerprint density at radius 3 is 2.67 bits per heavy atom. The molecule has 1 aromatic heterocycles. The van der Waals surface area contributed by atoms with Crippen LogP contribution in [0.3, 0.4) is 0 Å². The van der Waals surface area contributed by atoms with Crippen molar-refractivity contribution in [3.05, 3.63) is 40.8 Å². The van der Waals surface area contributed by atoms with Gasteiger partial charge in [0.25, 0.3) is 5.91 Å². The first-order valence-electron chi connectivity index (χ1n) is 5.85. The maximum Gasteiger partial charge on any atom is 0.340 e. The van der Waals surface area contributed by atoms with Gasteiger partial charge in [-0.2, -0.15) is 4.37 Å². The summed E-state index contributed by atoms with van der Waals surface area (Å²) >= 11 is 0.899. The first kappa shape index (κ1) is 14.9. The molecule has 0 aliphatic rings. The molecule has 21 heavy (non-hydrogen) atoms. The van der Waals surface area contributed by atoms with Gasteiger partial charge in [0.2, 0.25) is 0 Å². The van der Waals surface area contributed by atoms with E-state index >= 15 is 0 Å². The van der Waals surface area contributed by atoms with Crippen LogP contribution in [0.4, 0.5) is 15.1 Å². The van der Waals surface area contributed by atoms with E-state index in [1.54, 1.807) is 6.92 Å². The van der Waals surface area contributed by atoms with Crippen molar-refractivity contribution in [2.45, 2.75) is 6.92 Å². The molecule has 0 fully saturated rings. The summed E-state index contributed by atoms with van der Waals surface area (Å²) in [4.78, 5) is 24.7. The number of benzene rings is 1. The van der Waals surface area contributed by atoms with E-state index in [1.807, 2.05) is 0 Å². The Bertz CT molecular complexity index is 729. The molecule has 3 N–H and O–H groups in total.